The zero-order chi connectivity index (χ0) is 22.1. The fraction of sp³-hybridized carbons (Fsp3) is 0.435. The van der Waals surface area contributed by atoms with Crippen LogP contribution in [0.1, 0.15) is 43.2 Å². The Balaban J connectivity index is 1.52. The third kappa shape index (κ3) is 4.59. The Labute approximate surface area is 188 Å². The monoisotopic (exact) mass is 461 g/mol. The molecular weight excluding hydrogens is 434 g/mol. The number of halogens is 1. The standard InChI is InChI=1S/C23H28ClN3O3S/c1-23(12-13-25-22(23)28)15-26-21-19(24)10-5-11-20(21)31(29,30)27-14-17-8-4-7-16-6-2-3-9-18(16)17/h2-3,5-6,9-11,17,26-27H,4,7-8,12-15H2,1H3,(H,25,28). The number of carbonyl (C=O) groups excluding carboxylic acids is 1. The van der Waals surface area contributed by atoms with Gasteiger partial charge in [0, 0.05) is 19.6 Å². The van der Waals surface area contributed by atoms with E-state index in [9.17, 15) is 13.2 Å². The van der Waals surface area contributed by atoms with Gasteiger partial charge in [-0.25, -0.2) is 13.1 Å². The molecule has 3 N–H and O–H groups in total. The molecular formula is C23H28ClN3O3S. The second-order valence-corrected chi connectivity index (χ2v) is 10.8. The number of hydrogen-bond donors (Lipinski definition) is 3. The van der Waals surface area contributed by atoms with Crippen LogP contribution in [-0.2, 0) is 21.2 Å². The van der Waals surface area contributed by atoms with Gasteiger partial charge in [-0.15, -0.1) is 0 Å². The first-order chi connectivity index (χ1) is 14.8. The van der Waals surface area contributed by atoms with Crippen LogP contribution in [0.4, 0.5) is 5.69 Å². The highest BCUT2D eigenvalue weighted by Gasteiger charge is 2.38. The van der Waals surface area contributed by atoms with Crippen LogP contribution < -0.4 is 15.4 Å². The minimum atomic E-state index is -3.79. The Kier molecular flexibility index (Phi) is 6.28. The molecule has 31 heavy (non-hydrogen) atoms. The molecule has 2 aromatic carbocycles. The number of rotatable bonds is 7. The van der Waals surface area contributed by atoms with Gasteiger partial charge in [0.05, 0.1) is 16.1 Å². The predicted molar refractivity (Wildman–Crippen MR) is 123 cm³/mol. The lowest BCUT2D eigenvalue weighted by Crippen LogP contribution is -2.35. The second kappa shape index (κ2) is 8.81. The van der Waals surface area contributed by atoms with Crippen LogP contribution >= 0.6 is 11.6 Å². The number of hydrogen-bond acceptors (Lipinski definition) is 4. The summed E-state index contributed by atoms with van der Waals surface area (Å²) in [6.45, 7) is 3.13. The number of amides is 1. The summed E-state index contributed by atoms with van der Waals surface area (Å²) in [5.41, 5.74) is 2.26. The molecule has 0 saturated carbocycles. The van der Waals surface area contributed by atoms with Crippen LogP contribution in [0.3, 0.4) is 0 Å². The van der Waals surface area contributed by atoms with Crippen LogP contribution in [0.15, 0.2) is 47.4 Å². The van der Waals surface area contributed by atoms with Crippen molar-refractivity contribution in [3.05, 3.63) is 58.6 Å². The Bertz CT molecular complexity index is 1090. The van der Waals surface area contributed by atoms with E-state index in [2.05, 4.69) is 27.5 Å². The molecule has 1 aliphatic heterocycles. The first kappa shape index (κ1) is 22.1. The van der Waals surface area contributed by atoms with Gasteiger partial charge in [0.15, 0.2) is 0 Å². The molecule has 1 saturated heterocycles. The summed E-state index contributed by atoms with van der Waals surface area (Å²) in [6, 6.07) is 13.1. The third-order valence-electron chi connectivity index (χ3n) is 6.44. The summed E-state index contributed by atoms with van der Waals surface area (Å²) in [5, 5.41) is 6.28. The smallest absolute Gasteiger partial charge is 0.242 e. The van der Waals surface area contributed by atoms with Crippen molar-refractivity contribution >= 4 is 33.2 Å². The highest BCUT2D eigenvalue weighted by molar-refractivity contribution is 7.89. The molecule has 1 heterocycles. The summed E-state index contributed by atoms with van der Waals surface area (Å²) in [5.74, 6) is 0.113. The van der Waals surface area contributed by atoms with Gasteiger partial charge >= 0.3 is 0 Å². The van der Waals surface area contributed by atoms with E-state index in [0.717, 1.165) is 19.3 Å². The van der Waals surface area contributed by atoms with Crippen molar-refractivity contribution in [2.75, 3.05) is 25.0 Å². The molecule has 0 bridgehead atoms. The summed E-state index contributed by atoms with van der Waals surface area (Å²) < 4.78 is 29.2. The number of carbonyl (C=O) groups is 1. The SMILES string of the molecule is CC1(CNc2c(Cl)cccc2S(=O)(=O)NCC2CCCc3ccccc32)CCNC1=O. The van der Waals surface area contributed by atoms with Crippen molar-refractivity contribution in [1.82, 2.24) is 10.0 Å². The Hall–Kier alpha value is -2.09. The van der Waals surface area contributed by atoms with Gasteiger partial charge in [-0.05, 0) is 61.8 Å². The first-order valence-electron chi connectivity index (χ1n) is 10.7. The van der Waals surface area contributed by atoms with Gasteiger partial charge in [-0.2, -0.15) is 0 Å². The van der Waals surface area contributed by atoms with Crippen LogP contribution in [0.5, 0.6) is 0 Å². The highest BCUT2D eigenvalue weighted by Crippen LogP contribution is 2.34. The molecule has 1 amide bonds. The summed E-state index contributed by atoms with van der Waals surface area (Å²) in [7, 11) is -3.79. The maximum Gasteiger partial charge on any atom is 0.242 e. The van der Waals surface area contributed by atoms with Gasteiger partial charge in [-0.1, -0.05) is 41.9 Å². The summed E-state index contributed by atoms with van der Waals surface area (Å²) in [6.07, 6.45) is 3.72. The molecule has 2 unspecified atom stereocenters. The van der Waals surface area contributed by atoms with E-state index in [1.54, 1.807) is 18.2 Å². The number of aryl methyl sites for hydroxylation is 1. The van der Waals surface area contributed by atoms with Gasteiger partial charge in [0.25, 0.3) is 0 Å². The van der Waals surface area contributed by atoms with Gasteiger partial charge in [-0.3, -0.25) is 4.79 Å². The molecule has 0 aromatic heterocycles. The largest absolute Gasteiger partial charge is 0.382 e. The van der Waals surface area contributed by atoms with Crippen molar-refractivity contribution in [2.24, 2.45) is 5.41 Å². The second-order valence-electron chi connectivity index (χ2n) is 8.67. The third-order valence-corrected chi connectivity index (χ3v) is 8.23. The number of nitrogens with one attached hydrogen (secondary N) is 3. The number of fused-ring (bicyclic) bond motifs is 1. The molecule has 2 aromatic rings. The lowest BCUT2D eigenvalue weighted by molar-refractivity contribution is -0.126. The lowest BCUT2D eigenvalue weighted by atomic mass is 9.83. The van der Waals surface area contributed by atoms with Crippen LogP contribution in [-0.4, -0.2) is 34.0 Å². The van der Waals surface area contributed by atoms with Crippen molar-refractivity contribution in [2.45, 2.75) is 43.4 Å². The van der Waals surface area contributed by atoms with E-state index < -0.39 is 15.4 Å². The Morgan fingerprint density at radius 2 is 2.00 bits per heavy atom. The zero-order valence-corrected chi connectivity index (χ0v) is 19.2. The summed E-state index contributed by atoms with van der Waals surface area (Å²) in [4.78, 5) is 12.3. The van der Waals surface area contributed by atoms with Gasteiger partial charge in [0.1, 0.15) is 4.90 Å². The average molecular weight is 462 g/mol. The maximum atomic E-state index is 13.2. The highest BCUT2D eigenvalue weighted by atomic mass is 35.5. The fourth-order valence-corrected chi connectivity index (χ4v) is 6.07. The van der Waals surface area contributed by atoms with Crippen molar-refractivity contribution in [1.29, 1.82) is 0 Å². The van der Waals surface area contributed by atoms with E-state index in [-0.39, 0.29) is 16.7 Å². The van der Waals surface area contributed by atoms with E-state index in [1.807, 2.05) is 19.1 Å². The fourth-order valence-electron chi connectivity index (χ4n) is 4.49. The van der Waals surface area contributed by atoms with Crippen LogP contribution in [0.2, 0.25) is 5.02 Å². The minimum Gasteiger partial charge on any atom is -0.382 e. The minimum absolute atomic E-state index is 0.0365. The molecule has 8 heteroatoms. The number of anilines is 1. The number of para-hydroxylation sites is 1. The van der Waals surface area contributed by atoms with Gasteiger partial charge < -0.3 is 10.6 Å². The molecule has 2 atom stereocenters. The molecule has 6 nitrogen and oxygen atoms in total. The normalized spacial score (nSPS) is 23.3. The molecule has 1 aliphatic carbocycles. The quantitative estimate of drug-likeness (QED) is 0.587. The van der Waals surface area contributed by atoms with E-state index in [0.29, 0.717) is 36.8 Å². The maximum absolute atomic E-state index is 13.2. The Morgan fingerprint density at radius 3 is 2.77 bits per heavy atom. The first-order valence-corrected chi connectivity index (χ1v) is 12.5. The molecule has 0 radical (unpaired) electrons. The van der Waals surface area contributed by atoms with Gasteiger partial charge in [0.2, 0.25) is 15.9 Å². The lowest BCUT2D eigenvalue weighted by Gasteiger charge is -2.26. The molecule has 166 valence electrons. The molecule has 1 fully saturated rings. The van der Waals surface area contributed by atoms with Crippen molar-refractivity contribution < 1.29 is 13.2 Å². The zero-order valence-electron chi connectivity index (χ0n) is 17.6. The van der Waals surface area contributed by atoms with E-state index in [4.69, 9.17) is 11.6 Å². The number of sulfonamides is 1. The van der Waals surface area contributed by atoms with E-state index in [1.165, 1.54) is 11.1 Å². The van der Waals surface area contributed by atoms with Crippen molar-refractivity contribution in [3.8, 4) is 0 Å². The van der Waals surface area contributed by atoms with Crippen LogP contribution in [0.25, 0.3) is 0 Å². The Morgan fingerprint density at radius 1 is 1.19 bits per heavy atom. The predicted octanol–water partition coefficient (Wildman–Crippen LogP) is 3.68. The average Bonchev–Trinajstić information content (AvgIpc) is 3.09. The number of benzene rings is 2. The molecule has 4 rings (SSSR count). The van der Waals surface area contributed by atoms with Crippen LogP contribution in [0, 0.1) is 5.41 Å². The van der Waals surface area contributed by atoms with E-state index >= 15 is 0 Å². The van der Waals surface area contributed by atoms with Crippen molar-refractivity contribution in [3.63, 3.8) is 0 Å². The molecule has 0 spiro atoms. The summed E-state index contributed by atoms with van der Waals surface area (Å²) >= 11 is 6.36. The topological polar surface area (TPSA) is 87.3 Å². The molecule has 2 aliphatic rings.